The van der Waals surface area contributed by atoms with E-state index >= 15 is 0 Å². The van der Waals surface area contributed by atoms with Crippen molar-refractivity contribution in [3.05, 3.63) is 83.0 Å². The summed E-state index contributed by atoms with van der Waals surface area (Å²) in [6.45, 7) is 0. The van der Waals surface area contributed by atoms with Gasteiger partial charge < -0.3 is 15.2 Å². The van der Waals surface area contributed by atoms with Gasteiger partial charge in [-0.2, -0.15) is 4.98 Å². The number of benzene rings is 3. The number of carboxylic acid groups (broad SMARTS) is 1. The fraction of sp³-hybridized carbons (Fsp3) is 0.0870. The lowest BCUT2D eigenvalue weighted by Gasteiger charge is -2.11. The molecule has 3 aromatic carbocycles. The highest BCUT2D eigenvalue weighted by Crippen LogP contribution is 2.36. The van der Waals surface area contributed by atoms with E-state index in [1.807, 2.05) is 0 Å². The Labute approximate surface area is 194 Å². The van der Waals surface area contributed by atoms with Crippen molar-refractivity contribution in [3.8, 4) is 11.6 Å². The molecule has 2 N–H and O–H groups in total. The Kier molecular flexibility index (Phi) is 6.17. The quantitative estimate of drug-likeness (QED) is 0.374. The minimum absolute atomic E-state index is 0.0728. The summed E-state index contributed by atoms with van der Waals surface area (Å²) in [7, 11) is -3.16. The zero-order valence-electron chi connectivity index (χ0n) is 17.3. The molecular weight excluding hydrogens is 466 g/mol. The van der Waals surface area contributed by atoms with Gasteiger partial charge in [0, 0.05) is 29.6 Å². The van der Waals surface area contributed by atoms with Gasteiger partial charge in [-0.05, 0) is 41.3 Å². The van der Waals surface area contributed by atoms with Crippen molar-refractivity contribution < 1.29 is 23.1 Å². The first-order valence-corrected chi connectivity index (χ1v) is 12.1. The molecule has 0 unspecified atom stereocenters. The van der Waals surface area contributed by atoms with Crippen molar-refractivity contribution in [1.29, 1.82) is 0 Å². The minimum Gasteiger partial charge on any atom is -0.478 e. The normalized spacial score (nSPS) is 11.3. The number of sulfone groups is 1. The highest BCUT2D eigenvalue weighted by Gasteiger charge is 2.14. The number of fused-ring (bicyclic) bond motifs is 1. The first-order valence-electron chi connectivity index (χ1n) is 9.69. The van der Waals surface area contributed by atoms with Crippen LogP contribution in [-0.4, -0.2) is 35.7 Å². The predicted octanol–water partition coefficient (Wildman–Crippen LogP) is 5.06. The molecule has 4 aromatic rings. The van der Waals surface area contributed by atoms with Crippen molar-refractivity contribution in [1.82, 2.24) is 9.97 Å². The molecule has 0 bridgehead atoms. The largest absolute Gasteiger partial charge is 0.478 e. The van der Waals surface area contributed by atoms with Gasteiger partial charge in [-0.1, -0.05) is 35.9 Å². The number of rotatable bonds is 7. The van der Waals surface area contributed by atoms with Crippen molar-refractivity contribution in [2.75, 3.05) is 11.6 Å². The number of anilines is 2. The molecule has 168 valence electrons. The Morgan fingerprint density at radius 3 is 2.64 bits per heavy atom. The molecule has 0 radical (unpaired) electrons. The molecule has 1 heterocycles. The monoisotopic (exact) mass is 483 g/mol. The SMILES string of the molecule is CS(=O)(=O)Cc1cccc(Nc2nccc(Oc3ccc4c(C(=O)O)cccc4c3Cl)n2)c1. The Bertz CT molecular complexity index is 1470. The molecule has 1 aromatic heterocycles. The predicted molar refractivity (Wildman–Crippen MR) is 126 cm³/mol. The second kappa shape index (κ2) is 9.05. The first kappa shape index (κ1) is 22.5. The second-order valence-electron chi connectivity index (χ2n) is 7.30. The van der Waals surface area contributed by atoms with Crippen molar-refractivity contribution in [2.45, 2.75) is 5.75 Å². The molecule has 8 nitrogen and oxygen atoms in total. The molecule has 0 saturated heterocycles. The summed E-state index contributed by atoms with van der Waals surface area (Å²) < 4.78 is 28.9. The number of nitrogens with zero attached hydrogens (tertiary/aromatic N) is 2. The third kappa shape index (κ3) is 5.39. The number of aromatic carboxylic acids is 1. The molecule has 0 saturated carbocycles. The van der Waals surface area contributed by atoms with Gasteiger partial charge in [0.15, 0.2) is 9.84 Å². The Balaban J connectivity index is 1.58. The number of hydrogen-bond donors (Lipinski definition) is 2. The number of nitrogens with one attached hydrogen (secondary N) is 1. The van der Waals surface area contributed by atoms with E-state index in [0.29, 0.717) is 27.8 Å². The lowest BCUT2D eigenvalue weighted by molar-refractivity contribution is 0.0699. The van der Waals surface area contributed by atoms with Crippen LogP contribution in [0.2, 0.25) is 5.02 Å². The number of aromatic nitrogens is 2. The van der Waals surface area contributed by atoms with Gasteiger partial charge in [-0.15, -0.1) is 0 Å². The van der Waals surface area contributed by atoms with Gasteiger partial charge in [0.25, 0.3) is 0 Å². The van der Waals surface area contributed by atoms with Crippen LogP contribution < -0.4 is 10.1 Å². The van der Waals surface area contributed by atoms with Gasteiger partial charge in [0.05, 0.1) is 16.3 Å². The molecule has 0 fully saturated rings. The summed E-state index contributed by atoms with van der Waals surface area (Å²) in [4.78, 5) is 19.9. The third-order valence-corrected chi connectivity index (χ3v) is 5.89. The number of carbonyl (C=O) groups is 1. The molecule has 33 heavy (non-hydrogen) atoms. The van der Waals surface area contributed by atoms with Crippen LogP contribution in [0.15, 0.2) is 66.9 Å². The van der Waals surface area contributed by atoms with Crippen molar-refractivity contribution in [3.63, 3.8) is 0 Å². The first-order chi connectivity index (χ1) is 15.7. The lowest BCUT2D eigenvalue weighted by Crippen LogP contribution is -2.02. The standard InChI is InChI=1S/C23H18ClN3O5S/c1-33(30,31)13-14-4-2-5-15(12-14)26-23-25-11-10-20(27-23)32-19-9-8-16-17(21(19)24)6-3-7-18(16)22(28)29/h2-12H,13H2,1H3,(H,28,29)(H,25,26,27). The molecule has 0 aliphatic carbocycles. The fourth-order valence-electron chi connectivity index (χ4n) is 3.31. The fourth-order valence-corrected chi connectivity index (χ4v) is 4.36. The van der Waals surface area contributed by atoms with E-state index in [0.717, 1.165) is 0 Å². The van der Waals surface area contributed by atoms with Crippen LogP contribution in [0.5, 0.6) is 11.6 Å². The van der Waals surface area contributed by atoms with E-state index in [1.165, 1.54) is 18.5 Å². The minimum atomic E-state index is -3.16. The number of hydrogen-bond acceptors (Lipinski definition) is 7. The van der Waals surface area contributed by atoms with Gasteiger partial charge >= 0.3 is 5.97 Å². The third-order valence-electron chi connectivity index (χ3n) is 4.65. The zero-order chi connectivity index (χ0) is 23.6. The van der Waals surface area contributed by atoms with E-state index in [1.54, 1.807) is 54.6 Å². The van der Waals surface area contributed by atoms with E-state index in [9.17, 15) is 18.3 Å². The van der Waals surface area contributed by atoms with Gasteiger partial charge in [-0.25, -0.2) is 18.2 Å². The highest BCUT2D eigenvalue weighted by atomic mass is 35.5. The maximum atomic E-state index is 11.5. The molecule has 4 rings (SSSR count). The summed E-state index contributed by atoms with van der Waals surface area (Å²) in [5.74, 6) is -0.343. The average Bonchev–Trinajstić information content (AvgIpc) is 2.75. The van der Waals surface area contributed by atoms with Gasteiger partial charge in [0.2, 0.25) is 11.8 Å². The van der Waals surface area contributed by atoms with Crippen molar-refractivity contribution in [2.24, 2.45) is 0 Å². The average molecular weight is 484 g/mol. The lowest BCUT2D eigenvalue weighted by atomic mass is 10.0. The topological polar surface area (TPSA) is 118 Å². The Morgan fingerprint density at radius 2 is 1.88 bits per heavy atom. The molecule has 0 atom stereocenters. The Morgan fingerprint density at radius 1 is 1.09 bits per heavy atom. The van der Waals surface area contributed by atoms with Crippen molar-refractivity contribution >= 4 is 49.8 Å². The van der Waals surface area contributed by atoms with Crippen LogP contribution in [0.3, 0.4) is 0 Å². The molecule has 0 aliphatic rings. The van der Waals surface area contributed by atoms with Gasteiger partial charge in [0.1, 0.15) is 5.75 Å². The smallest absolute Gasteiger partial charge is 0.336 e. The van der Waals surface area contributed by atoms with Crippen LogP contribution in [0, 0.1) is 0 Å². The summed E-state index contributed by atoms with van der Waals surface area (Å²) >= 11 is 6.48. The highest BCUT2D eigenvalue weighted by molar-refractivity contribution is 7.89. The number of carboxylic acids is 1. The van der Waals surface area contributed by atoms with E-state index in [2.05, 4.69) is 15.3 Å². The number of halogens is 1. The Hall–Kier alpha value is -3.69. The van der Waals surface area contributed by atoms with Crippen LogP contribution in [0.4, 0.5) is 11.6 Å². The molecular formula is C23H18ClN3O5S. The molecule has 0 aliphatic heterocycles. The summed E-state index contributed by atoms with van der Waals surface area (Å²) in [6, 6.07) is 16.6. The summed E-state index contributed by atoms with van der Waals surface area (Å²) in [5.41, 5.74) is 1.41. The van der Waals surface area contributed by atoms with E-state index in [4.69, 9.17) is 16.3 Å². The maximum Gasteiger partial charge on any atom is 0.336 e. The van der Waals surface area contributed by atoms with E-state index in [-0.39, 0.29) is 28.2 Å². The molecule has 0 amide bonds. The zero-order valence-corrected chi connectivity index (χ0v) is 18.9. The molecule has 10 heteroatoms. The van der Waals surface area contributed by atoms with Crippen LogP contribution >= 0.6 is 11.6 Å². The van der Waals surface area contributed by atoms with Gasteiger partial charge in [-0.3, -0.25) is 0 Å². The van der Waals surface area contributed by atoms with Crippen LogP contribution in [0.25, 0.3) is 10.8 Å². The summed E-state index contributed by atoms with van der Waals surface area (Å²) in [5, 5.41) is 13.7. The van der Waals surface area contributed by atoms with E-state index < -0.39 is 15.8 Å². The summed E-state index contributed by atoms with van der Waals surface area (Å²) in [6.07, 6.45) is 2.68. The number of ether oxygens (including phenoxy) is 1. The van der Waals surface area contributed by atoms with Crippen LogP contribution in [-0.2, 0) is 15.6 Å². The maximum absolute atomic E-state index is 11.5. The van der Waals surface area contributed by atoms with Crippen LogP contribution in [0.1, 0.15) is 15.9 Å². The molecule has 0 spiro atoms. The second-order valence-corrected chi connectivity index (χ2v) is 9.82.